The molecule has 2 heterocycles. The summed E-state index contributed by atoms with van der Waals surface area (Å²) >= 11 is 1.62. The summed E-state index contributed by atoms with van der Waals surface area (Å²) in [6, 6.07) is 6.05. The van der Waals surface area contributed by atoms with E-state index in [1.54, 1.807) is 17.6 Å². The van der Waals surface area contributed by atoms with Gasteiger partial charge in [0.2, 0.25) is 0 Å². The molecule has 0 bridgehead atoms. The molecule has 0 saturated carbocycles. The minimum Gasteiger partial charge on any atom is -0.271 e. The second kappa shape index (κ2) is 3.36. The van der Waals surface area contributed by atoms with E-state index in [9.17, 15) is 0 Å². The quantitative estimate of drug-likeness (QED) is 0.798. The molecular weight excluding hydrogens is 210 g/mol. The van der Waals surface area contributed by atoms with Crippen LogP contribution in [0.1, 0.15) is 5.56 Å². The molecule has 0 atom stereocenters. The average molecular weight is 217 g/mol. The zero-order valence-electron chi connectivity index (χ0n) is 7.68. The van der Waals surface area contributed by atoms with Crippen molar-refractivity contribution in [3.8, 4) is 10.4 Å². The monoisotopic (exact) mass is 217 g/mol. The Morgan fingerprint density at radius 3 is 3.20 bits per heavy atom. The predicted molar refractivity (Wildman–Crippen MR) is 59.9 cm³/mol. The van der Waals surface area contributed by atoms with Crippen LogP contribution in [0.4, 0.5) is 5.69 Å². The molecule has 4 nitrogen and oxygen atoms in total. The van der Waals surface area contributed by atoms with Gasteiger partial charge in [-0.05, 0) is 17.7 Å². The van der Waals surface area contributed by atoms with Crippen molar-refractivity contribution in [1.29, 1.82) is 0 Å². The molecule has 0 unspecified atom stereocenters. The lowest BCUT2D eigenvalue weighted by Gasteiger charge is -2.11. The van der Waals surface area contributed by atoms with Crippen molar-refractivity contribution in [1.82, 2.24) is 4.98 Å². The van der Waals surface area contributed by atoms with Crippen molar-refractivity contribution in [2.45, 2.75) is 0 Å². The number of hydrogen-bond acceptors (Lipinski definition) is 5. The highest BCUT2D eigenvalue weighted by atomic mass is 32.1. The number of aromatic nitrogens is 1. The summed E-state index contributed by atoms with van der Waals surface area (Å²) in [5.74, 6) is 0. The molecule has 0 aliphatic carbocycles. The number of thiazole rings is 1. The summed E-state index contributed by atoms with van der Waals surface area (Å²) in [6.07, 6.45) is 3.55. The van der Waals surface area contributed by atoms with Crippen molar-refractivity contribution in [2.24, 2.45) is 5.16 Å². The zero-order chi connectivity index (χ0) is 10.1. The van der Waals surface area contributed by atoms with Crippen molar-refractivity contribution < 1.29 is 4.94 Å². The highest BCUT2D eigenvalue weighted by Gasteiger charge is 2.08. The maximum atomic E-state index is 4.74. The van der Waals surface area contributed by atoms with E-state index in [1.165, 1.54) is 0 Å². The van der Waals surface area contributed by atoms with Gasteiger partial charge in [-0.25, -0.2) is 0 Å². The van der Waals surface area contributed by atoms with Crippen LogP contribution in [0.25, 0.3) is 10.4 Å². The number of rotatable bonds is 1. The molecule has 2 aromatic rings. The molecule has 0 spiro atoms. The molecule has 0 fully saturated rings. The van der Waals surface area contributed by atoms with Gasteiger partial charge in [0.1, 0.15) is 0 Å². The summed E-state index contributed by atoms with van der Waals surface area (Å²) in [5, 5.41) is 3.69. The van der Waals surface area contributed by atoms with E-state index < -0.39 is 0 Å². The topological polar surface area (TPSA) is 46.5 Å². The highest BCUT2D eigenvalue weighted by Crippen LogP contribution is 2.27. The number of benzene rings is 1. The summed E-state index contributed by atoms with van der Waals surface area (Å²) in [6.45, 7) is 0. The van der Waals surface area contributed by atoms with Crippen LogP contribution in [0.5, 0.6) is 0 Å². The predicted octanol–water partition coefficient (Wildman–Crippen LogP) is 2.50. The second-order valence-corrected chi connectivity index (χ2v) is 3.98. The SMILES string of the molecule is C1=NONc2ccc(-c3cncs3)cc21. The fourth-order valence-corrected chi connectivity index (χ4v) is 2.05. The number of fused-ring (bicyclic) bond motifs is 1. The van der Waals surface area contributed by atoms with Crippen LogP contribution in [-0.2, 0) is 4.94 Å². The van der Waals surface area contributed by atoms with Crippen LogP contribution < -0.4 is 5.48 Å². The number of hydrogen-bond donors (Lipinski definition) is 1. The third kappa shape index (κ3) is 1.46. The molecular formula is C10H7N3OS. The van der Waals surface area contributed by atoms with Crippen molar-refractivity contribution in [2.75, 3.05) is 5.48 Å². The molecule has 15 heavy (non-hydrogen) atoms. The van der Waals surface area contributed by atoms with Gasteiger partial charge < -0.3 is 0 Å². The molecule has 1 aliphatic heterocycles. The van der Waals surface area contributed by atoms with E-state index >= 15 is 0 Å². The Morgan fingerprint density at radius 1 is 1.33 bits per heavy atom. The Balaban J connectivity index is 2.10. The van der Waals surface area contributed by atoms with Gasteiger partial charge in [0.15, 0.2) is 0 Å². The maximum absolute atomic E-state index is 4.74. The van der Waals surface area contributed by atoms with Crippen molar-refractivity contribution in [3.63, 3.8) is 0 Å². The number of nitrogens with zero attached hydrogens (tertiary/aromatic N) is 2. The van der Waals surface area contributed by atoms with Gasteiger partial charge >= 0.3 is 0 Å². The number of anilines is 1. The van der Waals surface area contributed by atoms with E-state index in [1.807, 2.05) is 23.8 Å². The lowest BCUT2D eigenvalue weighted by atomic mass is 10.1. The first-order valence-corrected chi connectivity index (χ1v) is 5.30. The Bertz CT molecular complexity index is 507. The molecule has 3 rings (SSSR count). The molecule has 0 radical (unpaired) electrons. The molecule has 0 amide bonds. The van der Waals surface area contributed by atoms with Gasteiger partial charge in [-0.1, -0.05) is 11.2 Å². The van der Waals surface area contributed by atoms with Gasteiger partial charge in [0.25, 0.3) is 0 Å². The van der Waals surface area contributed by atoms with Gasteiger partial charge in [-0.15, -0.1) is 11.3 Å². The molecule has 0 saturated heterocycles. The molecule has 1 aromatic heterocycles. The Hall–Kier alpha value is -1.88. The normalized spacial score (nSPS) is 12.8. The van der Waals surface area contributed by atoms with Crippen LogP contribution in [0.3, 0.4) is 0 Å². The third-order valence-electron chi connectivity index (χ3n) is 2.17. The second-order valence-electron chi connectivity index (χ2n) is 3.10. The lowest BCUT2D eigenvalue weighted by Crippen LogP contribution is -2.04. The highest BCUT2D eigenvalue weighted by molar-refractivity contribution is 7.13. The summed E-state index contributed by atoms with van der Waals surface area (Å²) in [5.41, 5.74) is 7.64. The summed E-state index contributed by atoms with van der Waals surface area (Å²) in [4.78, 5) is 9.94. The van der Waals surface area contributed by atoms with E-state index in [4.69, 9.17) is 4.94 Å². The van der Waals surface area contributed by atoms with Gasteiger partial charge in [-0.3, -0.25) is 9.92 Å². The first-order valence-electron chi connectivity index (χ1n) is 4.42. The van der Waals surface area contributed by atoms with Crippen molar-refractivity contribution >= 4 is 23.2 Å². The number of oxime groups is 1. The first-order chi connectivity index (χ1) is 7.43. The fraction of sp³-hybridized carbons (Fsp3) is 0. The Kier molecular flexibility index (Phi) is 1.89. The lowest BCUT2D eigenvalue weighted by molar-refractivity contribution is 0.207. The van der Waals surface area contributed by atoms with Gasteiger partial charge in [0, 0.05) is 11.8 Å². The van der Waals surface area contributed by atoms with E-state index in [0.29, 0.717) is 0 Å². The molecule has 74 valence electrons. The van der Waals surface area contributed by atoms with Crippen LogP contribution in [-0.4, -0.2) is 11.2 Å². The largest absolute Gasteiger partial charge is 0.271 e. The molecule has 5 heteroatoms. The molecule has 1 aromatic carbocycles. The average Bonchev–Trinajstić information content (AvgIpc) is 2.82. The maximum Gasteiger partial charge on any atom is 0.0830 e. The third-order valence-corrected chi connectivity index (χ3v) is 2.99. The van der Waals surface area contributed by atoms with Crippen LogP contribution in [0, 0.1) is 0 Å². The standard InChI is InChI=1S/C10H7N3OS/c1-2-9-8(4-12-14-13-9)3-7(1)10-5-11-6-15-10/h1-6,13H. The smallest absolute Gasteiger partial charge is 0.0830 e. The Morgan fingerprint density at radius 2 is 2.33 bits per heavy atom. The number of nitrogens with one attached hydrogen (secondary N) is 1. The van der Waals surface area contributed by atoms with Gasteiger partial charge in [-0.2, -0.15) is 5.48 Å². The van der Waals surface area contributed by atoms with Crippen LogP contribution in [0.2, 0.25) is 0 Å². The van der Waals surface area contributed by atoms with Gasteiger partial charge in [0.05, 0.1) is 22.3 Å². The summed E-state index contributed by atoms with van der Waals surface area (Å²) in [7, 11) is 0. The first kappa shape index (κ1) is 8.43. The molecule has 1 N–H and O–H groups in total. The minimum atomic E-state index is 0.929. The minimum absolute atomic E-state index is 0.929. The van der Waals surface area contributed by atoms with E-state index in [2.05, 4.69) is 21.7 Å². The Labute approximate surface area is 90.2 Å². The fourth-order valence-electron chi connectivity index (χ4n) is 1.43. The van der Waals surface area contributed by atoms with E-state index in [-0.39, 0.29) is 0 Å². The summed E-state index contributed by atoms with van der Waals surface area (Å²) < 4.78 is 0. The van der Waals surface area contributed by atoms with Crippen LogP contribution in [0.15, 0.2) is 35.1 Å². The molecule has 1 aliphatic rings. The zero-order valence-corrected chi connectivity index (χ0v) is 8.49. The van der Waals surface area contributed by atoms with Crippen molar-refractivity contribution in [3.05, 3.63) is 35.5 Å². The van der Waals surface area contributed by atoms with E-state index in [0.717, 1.165) is 21.7 Å². The van der Waals surface area contributed by atoms with Crippen LogP contribution >= 0.6 is 11.3 Å².